The largest absolute Gasteiger partial charge is 0.394 e. The molecule has 3 N–H and O–H groups in total. The Kier molecular flexibility index (Phi) is 5.36. The van der Waals surface area contributed by atoms with Gasteiger partial charge < -0.3 is 15.2 Å². The highest BCUT2D eigenvalue weighted by molar-refractivity contribution is 7.85. The molecule has 0 fully saturated rings. The Morgan fingerprint density at radius 1 is 1.18 bits per heavy atom. The van der Waals surface area contributed by atoms with Crippen LogP contribution in [0.2, 0.25) is 0 Å². The van der Waals surface area contributed by atoms with E-state index < -0.39 is 10.1 Å². The molecular weight excluding hydrogens is 246 g/mol. The molecule has 0 saturated heterocycles. The van der Waals surface area contributed by atoms with Gasteiger partial charge in [-0.05, 0) is 24.3 Å². The Balaban J connectivity index is 2.41. The standard InChI is InChI=1S/C10H15NO5S/c12-6-8-16-7-5-11-9-1-3-10(4-2-9)17(13,14)15/h1-4,11-12H,5-8H2,(H,13,14,15). The lowest BCUT2D eigenvalue weighted by Gasteiger charge is -2.07. The maximum atomic E-state index is 10.8. The van der Waals surface area contributed by atoms with Gasteiger partial charge in [-0.1, -0.05) is 0 Å². The number of ether oxygens (including phenoxy) is 1. The number of hydrogen-bond donors (Lipinski definition) is 3. The smallest absolute Gasteiger partial charge is 0.294 e. The molecular formula is C10H15NO5S. The topological polar surface area (TPSA) is 95.9 Å². The molecule has 6 nitrogen and oxygen atoms in total. The molecule has 1 aromatic rings. The highest BCUT2D eigenvalue weighted by atomic mass is 32.2. The normalized spacial score (nSPS) is 11.4. The number of aliphatic hydroxyl groups is 1. The van der Waals surface area contributed by atoms with Crippen molar-refractivity contribution in [3.05, 3.63) is 24.3 Å². The van der Waals surface area contributed by atoms with Crippen LogP contribution in [0.3, 0.4) is 0 Å². The van der Waals surface area contributed by atoms with Crippen LogP contribution in [-0.2, 0) is 14.9 Å². The second kappa shape index (κ2) is 6.55. The van der Waals surface area contributed by atoms with Crippen LogP contribution < -0.4 is 5.32 Å². The first-order valence-electron chi connectivity index (χ1n) is 5.04. The lowest BCUT2D eigenvalue weighted by Crippen LogP contribution is -2.11. The molecule has 0 aliphatic heterocycles. The van der Waals surface area contributed by atoms with Gasteiger partial charge in [0, 0.05) is 12.2 Å². The summed E-state index contributed by atoms with van der Waals surface area (Å²) in [6, 6.07) is 5.72. The van der Waals surface area contributed by atoms with E-state index in [2.05, 4.69) is 5.32 Å². The minimum Gasteiger partial charge on any atom is -0.394 e. The summed E-state index contributed by atoms with van der Waals surface area (Å²) in [4.78, 5) is -0.139. The molecule has 0 aliphatic carbocycles. The minimum atomic E-state index is -4.13. The summed E-state index contributed by atoms with van der Waals surface area (Å²) in [5.41, 5.74) is 0.727. The Bertz CT molecular complexity index is 429. The van der Waals surface area contributed by atoms with Gasteiger partial charge in [-0.25, -0.2) is 0 Å². The van der Waals surface area contributed by atoms with Crippen molar-refractivity contribution < 1.29 is 22.8 Å². The third-order valence-electron chi connectivity index (χ3n) is 1.96. The molecule has 0 spiro atoms. The zero-order valence-corrected chi connectivity index (χ0v) is 9.98. The fraction of sp³-hybridized carbons (Fsp3) is 0.400. The van der Waals surface area contributed by atoms with E-state index in [-0.39, 0.29) is 11.5 Å². The molecule has 1 rings (SSSR count). The number of hydrogen-bond acceptors (Lipinski definition) is 5. The van der Waals surface area contributed by atoms with Crippen molar-refractivity contribution >= 4 is 15.8 Å². The Morgan fingerprint density at radius 3 is 2.35 bits per heavy atom. The van der Waals surface area contributed by atoms with E-state index in [0.717, 1.165) is 5.69 Å². The van der Waals surface area contributed by atoms with E-state index >= 15 is 0 Å². The molecule has 0 bridgehead atoms. The van der Waals surface area contributed by atoms with Gasteiger partial charge in [0.15, 0.2) is 0 Å². The Labute approximate surface area is 100.0 Å². The quantitative estimate of drug-likeness (QED) is 0.484. The van der Waals surface area contributed by atoms with Crippen molar-refractivity contribution in [1.82, 2.24) is 0 Å². The van der Waals surface area contributed by atoms with Gasteiger partial charge in [-0.2, -0.15) is 8.42 Å². The predicted octanol–water partition coefficient (Wildman–Crippen LogP) is 0.354. The number of aliphatic hydroxyl groups excluding tert-OH is 1. The summed E-state index contributed by atoms with van der Waals surface area (Å²) in [7, 11) is -4.13. The molecule has 0 aromatic heterocycles. The molecule has 0 atom stereocenters. The number of benzene rings is 1. The van der Waals surface area contributed by atoms with Gasteiger partial charge in [-0.15, -0.1) is 0 Å². The van der Waals surface area contributed by atoms with Crippen molar-refractivity contribution in [3.63, 3.8) is 0 Å². The monoisotopic (exact) mass is 261 g/mol. The second-order valence-electron chi connectivity index (χ2n) is 3.26. The summed E-state index contributed by atoms with van der Waals surface area (Å²) in [5.74, 6) is 0. The number of nitrogens with one attached hydrogen (secondary N) is 1. The molecule has 0 unspecified atom stereocenters. The summed E-state index contributed by atoms with van der Waals surface area (Å²) >= 11 is 0. The van der Waals surface area contributed by atoms with Crippen molar-refractivity contribution in [2.75, 3.05) is 31.7 Å². The van der Waals surface area contributed by atoms with Gasteiger partial charge in [0.2, 0.25) is 0 Å². The van der Waals surface area contributed by atoms with Crippen LogP contribution in [0.5, 0.6) is 0 Å². The number of anilines is 1. The minimum absolute atomic E-state index is 0.0109. The molecule has 0 amide bonds. The van der Waals surface area contributed by atoms with Crippen molar-refractivity contribution in [2.24, 2.45) is 0 Å². The maximum absolute atomic E-state index is 10.8. The SMILES string of the molecule is O=S(=O)(O)c1ccc(NCCOCCO)cc1. The number of rotatable bonds is 7. The highest BCUT2D eigenvalue weighted by Gasteiger charge is 2.07. The van der Waals surface area contributed by atoms with Gasteiger partial charge in [0.05, 0.1) is 24.7 Å². The predicted molar refractivity (Wildman–Crippen MR) is 62.7 cm³/mol. The van der Waals surface area contributed by atoms with Crippen LogP contribution >= 0.6 is 0 Å². The molecule has 1 aromatic carbocycles. The summed E-state index contributed by atoms with van der Waals surface area (Å²) < 4.78 is 35.3. The fourth-order valence-corrected chi connectivity index (χ4v) is 1.66. The van der Waals surface area contributed by atoms with Crippen LogP contribution in [0.1, 0.15) is 0 Å². The zero-order valence-electron chi connectivity index (χ0n) is 9.17. The Morgan fingerprint density at radius 2 is 1.82 bits per heavy atom. The average Bonchev–Trinajstić information content (AvgIpc) is 2.28. The van der Waals surface area contributed by atoms with Crippen LogP contribution in [-0.4, -0.2) is 44.4 Å². The maximum Gasteiger partial charge on any atom is 0.294 e. The molecule has 96 valence electrons. The van der Waals surface area contributed by atoms with Crippen LogP contribution in [0.4, 0.5) is 5.69 Å². The molecule has 0 saturated carbocycles. The lowest BCUT2D eigenvalue weighted by atomic mass is 10.3. The molecule has 7 heteroatoms. The van der Waals surface area contributed by atoms with E-state index in [9.17, 15) is 8.42 Å². The van der Waals surface area contributed by atoms with Crippen LogP contribution in [0.25, 0.3) is 0 Å². The van der Waals surface area contributed by atoms with Crippen LogP contribution in [0, 0.1) is 0 Å². The van der Waals surface area contributed by atoms with E-state index in [0.29, 0.717) is 19.8 Å². The highest BCUT2D eigenvalue weighted by Crippen LogP contribution is 2.13. The lowest BCUT2D eigenvalue weighted by molar-refractivity contribution is 0.0992. The second-order valence-corrected chi connectivity index (χ2v) is 4.68. The van der Waals surface area contributed by atoms with Crippen molar-refractivity contribution in [1.29, 1.82) is 0 Å². The Hall–Kier alpha value is -1.15. The van der Waals surface area contributed by atoms with E-state index in [1.165, 1.54) is 12.1 Å². The summed E-state index contributed by atoms with van der Waals surface area (Å²) in [5, 5.41) is 11.5. The first-order chi connectivity index (χ1) is 8.04. The van der Waals surface area contributed by atoms with Gasteiger partial charge in [0.1, 0.15) is 0 Å². The molecule has 17 heavy (non-hydrogen) atoms. The van der Waals surface area contributed by atoms with Gasteiger partial charge >= 0.3 is 0 Å². The summed E-state index contributed by atoms with van der Waals surface area (Å²) in [6.45, 7) is 1.28. The third-order valence-corrected chi connectivity index (χ3v) is 2.83. The van der Waals surface area contributed by atoms with E-state index in [4.69, 9.17) is 14.4 Å². The van der Waals surface area contributed by atoms with E-state index in [1.54, 1.807) is 12.1 Å². The molecule has 0 heterocycles. The zero-order chi connectivity index (χ0) is 12.7. The first-order valence-corrected chi connectivity index (χ1v) is 6.48. The fourth-order valence-electron chi connectivity index (χ4n) is 1.18. The van der Waals surface area contributed by atoms with Crippen molar-refractivity contribution in [3.8, 4) is 0 Å². The van der Waals surface area contributed by atoms with Crippen molar-refractivity contribution in [2.45, 2.75) is 4.90 Å². The van der Waals surface area contributed by atoms with Gasteiger partial charge in [-0.3, -0.25) is 4.55 Å². The average molecular weight is 261 g/mol. The van der Waals surface area contributed by atoms with Gasteiger partial charge in [0.25, 0.3) is 10.1 Å². The van der Waals surface area contributed by atoms with Crippen LogP contribution in [0.15, 0.2) is 29.2 Å². The third kappa shape index (κ3) is 5.14. The molecule has 0 aliphatic rings. The first kappa shape index (κ1) is 13.9. The van der Waals surface area contributed by atoms with E-state index in [1.807, 2.05) is 0 Å². The molecule has 0 radical (unpaired) electrons. The summed E-state index contributed by atoms with van der Waals surface area (Å²) in [6.07, 6.45) is 0.